The maximum Gasteiger partial charge on any atom is 0.342 e. The average molecular weight is 446 g/mol. The van der Waals surface area contributed by atoms with Gasteiger partial charge >= 0.3 is 10.1 Å². The topological polar surface area (TPSA) is 88.1 Å². The quantitative estimate of drug-likeness (QED) is 0.384. The van der Waals surface area contributed by atoms with E-state index in [0.29, 0.717) is 5.56 Å². The Labute approximate surface area is 179 Å². The lowest BCUT2D eigenvalue weighted by molar-refractivity contribution is 0.103. The van der Waals surface area contributed by atoms with E-state index in [2.05, 4.69) is 0 Å². The lowest BCUT2D eigenvalue weighted by atomic mass is 10.0. The van der Waals surface area contributed by atoms with Gasteiger partial charge in [-0.25, -0.2) is 4.39 Å². The predicted octanol–water partition coefficient (Wildman–Crippen LogP) is 3.85. The number of ketones is 1. The molecule has 0 amide bonds. The molecule has 0 unspecified atom stereocenters. The van der Waals surface area contributed by atoms with Crippen LogP contribution in [-0.2, 0) is 10.1 Å². The molecule has 0 fully saturated rings. The zero-order valence-corrected chi connectivity index (χ0v) is 17.7. The first kappa shape index (κ1) is 22.1. The summed E-state index contributed by atoms with van der Waals surface area (Å²) < 4.78 is 60.6. The van der Waals surface area contributed by atoms with Crippen LogP contribution in [0.2, 0.25) is 0 Å². The number of carbonyl (C=O) groups excluding carboxylic acids is 1. The van der Waals surface area contributed by atoms with Gasteiger partial charge in [-0.15, -0.1) is 0 Å². The first-order chi connectivity index (χ1) is 14.8. The molecule has 0 aliphatic heterocycles. The molecule has 7 nitrogen and oxygen atoms in total. The molecule has 9 heteroatoms. The van der Waals surface area contributed by atoms with Crippen molar-refractivity contribution >= 4 is 15.9 Å². The summed E-state index contributed by atoms with van der Waals surface area (Å²) in [4.78, 5) is 12.1. The van der Waals surface area contributed by atoms with Crippen LogP contribution in [0.4, 0.5) is 4.39 Å². The Hall–Kier alpha value is -3.59. The third kappa shape index (κ3) is 4.61. The Morgan fingerprint density at radius 2 is 1.45 bits per heavy atom. The second-order valence-electron chi connectivity index (χ2n) is 6.23. The second kappa shape index (κ2) is 9.05. The molecule has 3 aromatic carbocycles. The standard InChI is InChI=1S/C22H19FO7S/c1-27-15-9-10-16(22(24)14-7-5-4-6-8-14)18(11-15)30-31(25,26)21-13-20(29-3)19(28-2)12-17(21)23/h4-13H,1-3H3. The molecule has 0 heterocycles. The van der Waals surface area contributed by atoms with E-state index in [1.165, 1.54) is 39.5 Å². The average Bonchev–Trinajstić information content (AvgIpc) is 2.78. The molecule has 162 valence electrons. The Morgan fingerprint density at radius 1 is 0.806 bits per heavy atom. The zero-order chi connectivity index (χ0) is 22.6. The fourth-order valence-corrected chi connectivity index (χ4v) is 3.83. The molecule has 3 aromatic rings. The molecule has 0 aromatic heterocycles. The fraction of sp³-hybridized carbons (Fsp3) is 0.136. The molecule has 31 heavy (non-hydrogen) atoms. The number of halogens is 1. The van der Waals surface area contributed by atoms with Crippen molar-refractivity contribution in [3.63, 3.8) is 0 Å². The van der Waals surface area contributed by atoms with Crippen molar-refractivity contribution in [3.8, 4) is 23.0 Å². The van der Waals surface area contributed by atoms with Gasteiger partial charge in [-0.1, -0.05) is 30.3 Å². The zero-order valence-electron chi connectivity index (χ0n) is 16.9. The van der Waals surface area contributed by atoms with Gasteiger partial charge in [0.15, 0.2) is 23.0 Å². The highest BCUT2D eigenvalue weighted by Gasteiger charge is 2.27. The molecule has 0 aliphatic rings. The lowest BCUT2D eigenvalue weighted by Gasteiger charge is -2.14. The van der Waals surface area contributed by atoms with Crippen molar-refractivity contribution in [1.82, 2.24) is 0 Å². The fourth-order valence-electron chi connectivity index (χ4n) is 2.82. The summed E-state index contributed by atoms with van der Waals surface area (Å²) >= 11 is 0. The highest BCUT2D eigenvalue weighted by atomic mass is 32.2. The number of ether oxygens (including phenoxy) is 3. The van der Waals surface area contributed by atoms with Crippen LogP contribution in [0.5, 0.6) is 23.0 Å². The lowest BCUT2D eigenvalue weighted by Crippen LogP contribution is -2.15. The minimum atomic E-state index is -4.68. The number of carbonyl (C=O) groups is 1. The van der Waals surface area contributed by atoms with Crippen LogP contribution in [0.3, 0.4) is 0 Å². The number of benzene rings is 3. The van der Waals surface area contributed by atoms with Gasteiger partial charge in [0.1, 0.15) is 16.5 Å². The van der Waals surface area contributed by atoms with Crippen molar-refractivity contribution in [2.24, 2.45) is 0 Å². The third-order valence-corrected chi connectivity index (χ3v) is 5.63. The van der Waals surface area contributed by atoms with E-state index in [9.17, 15) is 17.6 Å². The molecular weight excluding hydrogens is 427 g/mol. The SMILES string of the molecule is COc1ccc(C(=O)c2ccccc2)c(OS(=O)(=O)c2cc(OC)c(OC)cc2F)c1. The highest BCUT2D eigenvalue weighted by molar-refractivity contribution is 7.87. The Balaban J connectivity index is 2.08. The van der Waals surface area contributed by atoms with Crippen LogP contribution in [0.15, 0.2) is 65.6 Å². The molecule has 3 rings (SSSR count). The first-order valence-electron chi connectivity index (χ1n) is 8.94. The Kier molecular flexibility index (Phi) is 6.45. The maximum absolute atomic E-state index is 14.5. The number of rotatable bonds is 8. The van der Waals surface area contributed by atoms with E-state index in [1.807, 2.05) is 0 Å². The molecule has 0 saturated heterocycles. The van der Waals surface area contributed by atoms with Crippen LogP contribution in [-0.4, -0.2) is 35.5 Å². The molecular formula is C22H19FO7S. The molecule has 0 aliphatic carbocycles. The third-order valence-electron chi connectivity index (χ3n) is 4.38. The normalized spacial score (nSPS) is 11.0. The minimum absolute atomic E-state index is 0.00250. The summed E-state index contributed by atoms with van der Waals surface area (Å²) in [5, 5.41) is 0. The monoisotopic (exact) mass is 446 g/mol. The summed E-state index contributed by atoms with van der Waals surface area (Å²) in [6, 6.07) is 14.2. The molecule has 0 saturated carbocycles. The van der Waals surface area contributed by atoms with Crippen LogP contribution in [0.1, 0.15) is 15.9 Å². The molecule has 0 atom stereocenters. The molecule has 0 N–H and O–H groups in total. The summed E-state index contributed by atoms with van der Waals surface area (Å²) in [7, 11) is -0.733. The van der Waals surface area contributed by atoms with Gasteiger partial charge in [-0.2, -0.15) is 8.42 Å². The summed E-state index contributed by atoms with van der Waals surface area (Å²) in [6.07, 6.45) is 0. The van der Waals surface area contributed by atoms with E-state index in [-0.39, 0.29) is 28.6 Å². The van der Waals surface area contributed by atoms with E-state index in [0.717, 1.165) is 12.1 Å². The van der Waals surface area contributed by atoms with Gasteiger partial charge in [0, 0.05) is 23.8 Å². The van der Waals surface area contributed by atoms with Crippen molar-refractivity contribution in [3.05, 3.63) is 77.6 Å². The van der Waals surface area contributed by atoms with Gasteiger partial charge in [-0.3, -0.25) is 4.79 Å². The van der Waals surface area contributed by atoms with Crippen LogP contribution >= 0.6 is 0 Å². The molecule has 0 spiro atoms. The minimum Gasteiger partial charge on any atom is -0.497 e. The molecule has 0 bridgehead atoms. The van der Waals surface area contributed by atoms with E-state index in [1.54, 1.807) is 30.3 Å². The van der Waals surface area contributed by atoms with Crippen molar-refractivity contribution in [2.75, 3.05) is 21.3 Å². The van der Waals surface area contributed by atoms with Gasteiger partial charge < -0.3 is 18.4 Å². The predicted molar refractivity (Wildman–Crippen MR) is 110 cm³/mol. The van der Waals surface area contributed by atoms with Crippen molar-refractivity contribution in [1.29, 1.82) is 0 Å². The largest absolute Gasteiger partial charge is 0.497 e. The van der Waals surface area contributed by atoms with Gasteiger partial charge in [0.05, 0.1) is 26.9 Å². The van der Waals surface area contributed by atoms with Crippen LogP contribution in [0, 0.1) is 5.82 Å². The van der Waals surface area contributed by atoms with Gasteiger partial charge in [0.2, 0.25) is 0 Å². The summed E-state index contributed by atoms with van der Waals surface area (Å²) in [5.74, 6) is -1.61. The highest BCUT2D eigenvalue weighted by Crippen LogP contribution is 2.35. The van der Waals surface area contributed by atoms with E-state index >= 15 is 0 Å². The Bertz CT molecular complexity index is 1210. The summed E-state index contributed by atoms with van der Waals surface area (Å²) in [6.45, 7) is 0. The second-order valence-corrected chi connectivity index (χ2v) is 7.75. The molecule has 0 radical (unpaired) electrons. The number of methoxy groups -OCH3 is 3. The van der Waals surface area contributed by atoms with Crippen LogP contribution < -0.4 is 18.4 Å². The van der Waals surface area contributed by atoms with Crippen molar-refractivity contribution in [2.45, 2.75) is 4.90 Å². The smallest absolute Gasteiger partial charge is 0.342 e. The maximum atomic E-state index is 14.5. The summed E-state index contributed by atoms with van der Waals surface area (Å²) in [5.41, 5.74) is 0.295. The van der Waals surface area contributed by atoms with Crippen molar-refractivity contribution < 1.29 is 36.0 Å². The first-order valence-corrected chi connectivity index (χ1v) is 10.4. The van der Waals surface area contributed by atoms with E-state index in [4.69, 9.17) is 18.4 Å². The Morgan fingerprint density at radius 3 is 2.06 bits per heavy atom. The van der Waals surface area contributed by atoms with Gasteiger partial charge in [0.25, 0.3) is 0 Å². The number of hydrogen-bond donors (Lipinski definition) is 0. The number of hydrogen-bond acceptors (Lipinski definition) is 7. The van der Waals surface area contributed by atoms with E-state index < -0.39 is 26.6 Å². The van der Waals surface area contributed by atoms with Crippen LogP contribution in [0.25, 0.3) is 0 Å². The van der Waals surface area contributed by atoms with Gasteiger partial charge in [-0.05, 0) is 12.1 Å².